The Bertz CT molecular complexity index is 856. The third-order valence-corrected chi connectivity index (χ3v) is 6.10. The van der Waals surface area contributed by atoms with Gasteiger partial charge in [-0.25, -0.2) is 0 Å². The monoisotopic (exact) mass is 478 g/mol. The predicted octanol–water partition coefficient (Wildman–Crippen LogP) is 0.599. The van der Waals surface area contributed by atoms with E-state index in [-0.39, 0.29) is 17.9 Å². The van der Waals surface area contributed by atoms with E-state index in [1.165, 1.54) is 0 Å². The van der Waals surface area contributed by atoms with Gasteiger partial charge in [0.25, 0.3) is 0 Å². The predicted molar refractivity (Wildman–Crippen MR) is 122 cm³/mol. The molecule has 0 saturated carbocycles. The highest BCUT2D eigenvalue weighted by Crippen LogP contribution is 2.26. The Kier molecular flexibility index (Phi) is 9.66. The van der Waals surface area contributed by atoms with E-state index in [1.807, 2.05) is 0 Å². The van der Waals surface area contributed by atoms with Gasteiger partial charge in [0, 0.05) is 0 Å². The van der Waals surface area contributed by atoms with Gasteiger partial charge in [0.05, 0.1) is 18.8 Å². The van der Waals surface area contributed by atoms with E-state index in [1.54, 1.807) is 48.5 Å². The Labute approximate surface area is 198 Å². The molecule has 1 aliphatic heterocycles. The molecule has 0 aliphatic carbocycles. The van der Waals surface area contributed by atoms with Gasteiger partial charge in [-0.2, -0.15) is 0 Å². The lowest BCUT2D eigenvalue weighted by atomic mass is 9.97. The summed E-state index contributed by atoms with van der Waals surface area (Å²) in [4.78, 5) is 0. The molecule has 3 rings (SSSR count). The fourth-order valence-electron chi connectivity index (χ4n) is 4.02. The molecule has 0 spiro atoms. The van der Waals surface area contributed by atoms with Gasteiger partial charge in [0.1, 0.15) is 35.9 Å². The second-order valence-electron chi connectivity index (χ2n) is 8.76. The van der Waals surface area contributed by atoms with Gasteiger partial charge < -0.3 is 45.2 Å². The van der Waals surface area contributed by atoms with E-state index in [2.05, 4.69) is 0 Å². The van der Waals surface area contributed by atoms with Crippen molar-refractivity contribution in [2.24, 2.45) is 0 Å². The Balaban J connectivity index is 1.64. The summed E-state index contributed by atoms with van der Waals surface area (Å²) in [6.45, 7) is -0.557. The van der Waals surface area contributed by atoms with Crippen LogP contribution in [0.15, 0.2) is 48.5 Å². The topological polar surface area (TPSA) is 160 Å². The van der Waals surface area contributed by atoms with Crippen molar-refractivity contribution in [3.05, 3.63) is 59.7 Å². The molecule has 9 heteroatoms. The van der Waals surface area contributed by atoms with Gasteiger partial charge >= 0.3 is 0 Å². The zero-order valence-electron chi connectivity index (χ0n) is 18.8. The Morgan fingerprint density at radius 2 is 1.29 bits per heavy atom. The molecule has 1 fully saturated rings. The van der Waals surface area contributed by atoms with Gasteiger partial charge in [-0.05, 0) is 67.5 Å². The van der Waals surface area contributed by atoms with Gasteiger partial charge in [0.15, 0.2) is 6.29 Å². The first-order valence-electron chi connectivity index (χ1n) is 11.5. The molecule has 7 N–H and O–H groups in total. The Morgan fingerprint density at radius 3 is 1.82 bits per heavy atom. The highest BCUT2D eigenvalue weighted by Gasteiger charge is 2.44. The zero-order valence-corrected chi connectivity index (χ0v) is 18.8. The average molecular weight is 479 g/mol. The minimum absolute atomic E-state index is 0.155. The third kappa shape index (κ3) is 7.38. The molecule has 0 bridgehead atoms. The quantitative estimate of drug-likeness (QED) is 0.245. The van der Waals surface area contributed by atoms with Crippen molar-refractivity contribution >= 4 is 0 Å². The first kappa shape index (κ1) is 26.4. The normalized spacial score (nSPS) is 26.8. The molecular weight excluding hydrogens is 444 g/mol. The minimum Gasteiger partial charge on any atom is -0.508 e. The lowest BCUT2D eigenvalue weighted by Crippen LogP contribution is -2.59. The average Bonchev–Trinajstić information content (AvgIpc) is 2.83. The number of aliphatic hydroxyl groups is 5. The van der Waals surface area contributed by atoms with Crippen LogP contribution in [0.4, 0.5) is 0 Å². The number of ether oxygens (including phenoxy) is 2. The molecule has 2 aromatic rings. The van der Waals surface area contributed by atoms with Crippen molar-refractivity contribution in [3.8, 4) is 11.5 Å². The van der Waals surface area contributed by atoms with Crippen molar-refractivity contribution in [1.82, 2.24) is 0 Å². The van der Waals surface area contributed by atoms with E-state index < -0.39 is 49.5 Å². The SMILES string of the molecule is OC[C@H]1O[C@@H](O[C@@H](CCc2ccc(O)cc2)C[C@H](O)CCc2ccc(O)cc2)[C@H](O)[C@H](O)[C@H]1O. The van der Waals surface area contributed by atoms with Crippen LogP contribution in [0.5, 0.6) is 11.5 Å². The van der Waals surface area contributed by atoms with Crippen LogP contribution in [0.25, 0.3) is 0 Å². The van der Waals surface area contributed by atoms with E-state index in [0.29, 0.717) is 25.7 Å². The summed E-state index contributed by atoms with van der Waals surface area (Å²) in [7, 11) is 0. The number of hydrogen-bond acceptors (Lipinski definition) is 9. The molecule has 7 atom stereocenters. The highest BCUT2D eigenvalue weighted by atomic mass is 16.7. The Morgan fingerprint density at radius 1 is 0.765 bits per heavy atom. The number of aliphatic hydroxyl groups excluding tert-OH is 5. The molecule has 0 unspecified atom stereocenters. The molecule has 9 nitrogen and oxygen atoms in total. The van der Waals surface area contributed by atoms with Crippen molar-refractivity contribution in [2.75, 3.05) is 6.61 Å². The van der Waals surface area contributed by atoms with Crippen LogP contribution in [0.3, 0.4) is 0 Å². The van der Waals surface area contributed by atoms with E-state index >= 15 is 0 Å². The van der Waals surface area contributed by atoms with Crippen molar-refractivity contribution < 1.29 is 45.2 Å². The van der Waals surface area contributed by atoms with Crippen LogP contribution in [0, 0.1) is 0 Å². The maximum Gasteiger partial charge on any atom is 0.186 e. The van der Waals surface area contributed by atoms with E-state index in [9.17, 15) is 35.7 Å². The molecule has 0 radical (unpaired) electrons. The number of phenols is 2. The van der Waals surface area contributed by atoms with Crippen LogP contribution in [-0.2, 0) is 22.3 Å². The van der Waals surface area contributed by atoms with E-state index in [0.717, 1.165) is 11.1 Å². The second-order valence-corrected chi connectivity index (χ2v) is 8.76. The van der Waals surface area contributed by atoms with Gasteiger partial charge in [0.2, 0.25) is 0 Å². The largest absolute Gasteiger partial charge is 0.508 e. The molecule has 1 heterocycles. The van der Waals surface area contributed by atoms with Gasteiger partial charge in [-0.3, -0.25) is 0 Å². The number of rotatable bonds is 11. The number of phenolic OH excluding ortho intramolecular Hbond substituents is 2. The van der Waals surface area contributed by atoms with Crippen LogP contribution in [-0.4, -0.2) is 85.3 Å². The first-order chi connectivity index (χ1) is 16.3. The molecule has 1 aliphatic rings. The Hall–Kier alpha value is -2.24. The lowest BCUT2D eigenvalue weighted by Gasteiger charge is -2.41. The van der Waals surface area contributed by atoms with Gasteiger partial charge in [-0.1, -0.05) is 24.3 Å². The smallest absolute Gasteiger partial charge is 0.186 e. The molecule has 1 saturated heterocycles. The van der Waals surface area contributed by atoms with Crippen LogP contribution >= 0.6 is 0 Å². The summed E-state index contributed by atoms with van der Waals surface area (Å²) < 4.78 is 11.4. The summed E-state index contributed by atoms with van der Waals surface area (Å²) >= 11 is 0. The number of hydrogen-bond donors (Lipinski definition) is 7. The van der Waals surface area contributed by atoms with Gasteiger partial charge in [-0.15, -0.1) is 0 Å². The number of benzene rings is 2. The molecule has 0 aromatic heterocycles. The zero-order chi connectivity index (χ0) is 24.7. The molecule has 34 heavy (non-hydrogen) atoms. The lowest BCUT2D eigenvalue weighted by molar-refractivity contribution is -0.313. The van der Waals surface area contributed by atoms with Crippen LogP contribution < -0.4 is 0 Å². The maximum absolute atomic E-state index is 10.7. The third-order valence-electron chi connectivity index (χ3n) is 6.10. The van der Waals surface area contributed by atoms with Crippen molar-refractivity contribution in [3.63, 3.8) is 0 Å². The summed E-state index contributed by atoms with van der Waals surface area (Å²) in [6, 6.07) is 13.5. The standard InChI is InChI=1S/C25H34O9/c26-14-21-22(30)23(31)24(32)25(34-21)33-20(12-6-16-3-9-18(28)10-4-16)13-19(29)11-5-15-1-7-17(27)8-2-15/h1-4,7-10,19-32H,5-6,11-14H2/t19-,20+,21-,22+,23-,24-,25-/m1/s1. The maximum atomic E-state index is 10.7. The summed E-state index contributed by atoms with van der Waals surface area (Å²) in [5, 5.41) is 69.4. The minimum atomic E-state index is -1.55. The molecule has 2 aromatic carbocycles. The van der Waals surface area contributed by atoms with Crippen molar-refractivity contribution in [2.45, 2.75) is 75.0 Å². The molecular formula is C25H34O9. The summed E-state index contributed by atoms with van der Waals surface area (Å²) in [6.07, 6.45) is -5.94. The van der Waals surface area contributed by atoms with Crippen LogP contribution in [0.1, 0.15) is 30.4 Å². The number of aromatic hydroxyl groups is 2. The molecule has 188 valence electrons. The second kappa shape index (κ2) is 12.5. The van der Waals surface area contributed by atoms with Crippen LogP contribution in [0.2, 0.25) is 0 Å². The summed E-state index contributed by atoms with van der Waals surface area (Å²) in [5.41, 5.74) is 1.91. The first-order valence-corrected chi connectivity index (χ1v) is 11.5. The fourth-order valence-corrected chi connectivity index (χ4v) is 4.02. The number of aryl methyl sites for hydroxylation is 2. The summed E-state index contributed by atoms with van der Waals surface area (Å²) in [5.74, 6) is 0.328. The van der Waals surface area contributed by atoms with Crippen molar-refractivity contribution in [1.29, 1.82) is 0 Å². The van der Waals surface area contributed by atoms with E-state index in [4.69, 9.17) is 9.47 Å². The highest BCUT2D eigenvalue weighted by molar-refractivity contribution is 5.26. The molecule has 0 amide bonds. The fraction of sp³-hybridized carbons (Fsp3) is 0.520.